The van der Waals surface area contributed by atoms with Gasteiger partial charge in [0.25, 0.3) is 0 Å². The Kier molecular flexibility index (Phi) is 3.86. The number of nitrogens with zero attached hydrogens (tertiary/aromatic N) is 2. The molecule has 1 aliphatic heterocycles. The molecule has 0 saturated carbocycles. The van der Waals surface area contributed by atoms with Crippen molar-refractivity contribution in [2.75, 3.05) is 0 Å². The van der Waals surface area contributed by atoms with E-state index >= 15 is 0 Å². The fourth-order valence-corrected chi connectivity index (χ4v) is 2.59. The minimum absolute atomic E-state index is 0.0313. The normalized spacial score (nSPS) is 23.0. The summed E-state index contributed by atoms with van der Waals surface area (Å²) in [7, 11) is 0. The van der Waals surface area contributed by atoms with Gasteiger partial charge >= 0.3 is 12.4 Å². The van der Waals surface area contributed by atoms with Crippen molar-refractivity contribution < 1.29 is 31.1 Å². The van der Waals surface area contributed by atoms with Gasteiger partial charge in [-0.25, -0.2) is 4.99 Å². The molecule has 1 heterocycles. The number of benzene rings is 1. The van der Waals surface area contributed by atoms with E-state index in [1.807, 2.05) is 0 Å². The Balaban J connectivity index is 1.92. The summed E-state index contributed by atoms with van der Waals surface area (Å²) in [6.45, 7) is 0. The van der Waals surface area contributed by atoms with Crippen LogP contribution in [0.2, 0.25) is 0 Å². The molecule has 130 valence electrons. The Labute approximate surface area is 137 Å². The van der Waals surface area contributed by atoms with Crippen molar-refractivity contribution in [1.82, 2.24) is 0 Å². The van der Waals surface area contributed by atoms with Gasteiger partial charge in [0.15, 0.2) is 6.10 Å². The van der Waals surface area contributed by atoms with Crippen LogP contribution in [-0.2, 0) is 10.9 Å². The molecular weight excluding hydrogens is 350 g/mol. The Hall–Kier alpha value is -2.76. The zero-order chi connectivity index (χ0) is 18.4. The molecule has 0 fully saturated rings. The number of rotatable bonds is 1. The van der Waals surface area contributed by atoms with Gasteiger partial charge in [-0.15, -0.1) is 0 Å². The lowest BCUT2D eigenvalue weighted by molar-refractivity contribution is -0.179. The van der Waals surface area contributed by atoms with Crippen molar-refractivity contribution in [2.24, 2.45) is 10.9 Å². The second-order valence-corrected chi connectivity index (χ2v) is 5.38. The van der Waals surface area contributed by atoms with Crippen molar-refractivity contribution in [2.45, 2.75) is 18.5 Å². The molecule has 0 radical (unpaired) electrons. The number of allylic oxidation sites excluding steroid dienone is 2. The Morgan fingerprint density at radius 1 is 1.00 bits per heavy atom. The van der Waals surface area contributed by atoms with Crippen LogP contribution in [0.5, 0.6) is 0 Å². The van der Waals surface area contributed by atoms with Crippen LogP contribution in [0.1, 0.15) is 11.1 Å². The van der Waals surface area contributed by atoms with Crippen LogP contribution in [0.4, 0.5) is 26.3 Å². The maximum atomic E-state index is 13.3. The standard InChI is InChI=1S/C16H8F6N2O/c17-15(18,19)10-4-1-8(2-5-10)14-24-11-6-3-9(7-23)12(13(11)25-14)16(20,21)22/h1-6,12-13H. The summed E-state index contributed by atoms with van der Waals surface area (Å²) in [5.41, 5.74) is -1.32. The molecule has 0 N–H and O–H groups in total. The lowest BCUT2D eigenvalue weighted by Gasteiger charge is -2.27. The molecule has 3 rings (SSSR count). The van der Waals surface area contributed by atoms with Crippen molar-refractivity contribution in [3.63, 3.8) is 0 Å². The zero-order valence-electron chi connectivity index (χ0n) is 12.2. The second-order valence-electron chi connectivity index (χ2n) is 5.38. The van der Waals surface area contributed by atoms with Crippen LogP contribution in [-0.4, -0.2) is 18.2 Å². The zero-order valence-corrected chi connectivity index (χ0v) is 12.2. The van der Waals surface area contributed by atoms with E-state index < -0.39 is 35.5 Å². The van der Waals surface area contributed by atoms with Gasteiger partial charge in [-0.1, -0.05) is 0 Å². The highest BCUT2D eigenvalue weighted by Crippen LogP contribution is 2.43. The molecule has 0 spiro atoms. The van der Waals surface area contributed by atoms with Crippen molar-refractivity contribution in [3.8, 4) is 6.07 Å². The lowest BCUT2D eigenvalue weighted by Crippen LogP contribution is -2.38. The maximum Gasteiger partial charge on any atom is 0.416 e. The number of hydrogen-bond donors (Lipinski definition) is 0. The van der Waals surface area contributed by atoms with Crippen molar-refractivity contribution in [1.29, 1.82) is 5.26 Å². The highest BCUT2D eigenvalue weighted by Gasteiger charge is 2.53. The molecule has 1 aliphatic carbocycles. The Morgan fingerprint density at radius 3 is 2.16 bits per heavy atom. The van der Waals surface area contributed by atoms with E-state index in [1.165, 1.54) is 12.1 Å². The van der Waals surface area contributed by atoms with E-state index in [0.717, 1.165) is 30.3 Å². The van der Waals surface area contributed by atoms with Gasteiger partial charge in [0.1, 0.15) is 5.92 Å². The monoisotopic (exact) mass is 358 g/mol. The number of ether oxygens (including phenoxy) is 1. The first-order chi connectivity index (χ1) is 11.6. The SMILES string of the molecule is N#CC1=CC=C2N=C(c3ccc(C(F)(F)F)cc3)OC2C1C(F)(F)F. The molecule has 0 saturated heterocycles. The average molecular weight is 358 g/mol. The van der Waals surface area contributed by atoms with Gasteiger partial charge < -0.3 is 4.74 Å². The first-order valence-corrected chi connectivity index (χ1v) is 6.93. The minimum atomic E-state index is -4.73. The summed E-state index contributed by atoms with van der Waals surface area (Å²) in [6, 6.07) is 5.21. The second kappa shape index (κ2) is 5.65. The van der Waals surface area contributed by atoms with Crippen LogP contribution >= 0.6 is 0 Å². The summed E-state index contributed by atoms with van der Waals surface area (Å²) in [5, 5.41) is 8.89. The third kappa shape index (κ3) is 3.12. The summed E-state index contributed by atoms with van der Waals surface area (Å²) in [4.78, 5) is 3.92. The van der Waals surface area contributed by atoms with Crippen LogP contribution in [0, 0.1) is 17.2 Å². The topological polar surface area (TPSA) is 45.4 Å². The van der Waals surface area contributed by atoms with Gasteiger partial charge in [0.05, 0.1) is 17.3 Å². The van der Waals surface area contributed by atoms with Gasteiger partial charge in [-0.3, -0.25) is 0 Å². The molecule has 9 heteroatoms. The van der Waals surface area contributed by atoms with E-state index in [-0.39, 0.29) is 17.2 Å². The summed E-state index contributed by atoms with van der Waals surface area (Å²) < 4.78 is 82.7. The van der Waals surface area contributed by atoms with E-state index in [9.17, 15) is 26.3 Å². The van der Waals surface area contributed by atoms with E-state index in [0.29, 0.717) is 0 Å². The van der Waals surface area contributed by atoms with Gasteiger partial charge in [0.2, 0.25) is 5.90 Å². The fourth-order valence-electron chi connectivity index (χ4n) is 2.59. The fraction of sp³-hybridized carbons (Fsp3) is 0.250. The maximum absolute atomic E-state index is 13.3. The molecule has 2 aliphatic rings. The highest BCUT2D eigenvalue weighted by molar-refractivity contribution is 5.96. The Bertz CT molecular complexity index is 824. The highest BCUT2D eigenvalue weighted by atomic mass is 19.4. The molecule has 1 aromatic rings. The summed E-state index contributed by atoms with van der Waals surface area (Å²) in [6.07, 6.45) is -8.52. The molecule has 0 amide bonds. The number of alkyl halides is 6. The first kappa shape index (κ1) is 17.1. The summed E-state index contributed by atoms with van der Waals surface area (Å²) >= 11 is 0. The van der Waals surface area contributed by atoms with Gasteiger partial charge in [0, 0.05) is 11.1 Å². The average Bonchev–Trinajstić information content (AvgIpc) is 2.95. The van der Waals surface area contributed by atoms with Crippen LogP contribution in [0.25, 0.3) is 0 Å². The molecule has 25 heavy (non-hydrogen) atoms. The predicted molar refractivity (Wildman–Crippen MR) is 74.2 cm³/mol. The van der Waals surface area contributed by atoms with E-state index in [4.69, 9.17) is 10.00 Å². The number of hydrogen-bond acceptors (Lipinski definition) is 3. The van der Waals surface area contributed by atoms with Gasteiger partial charge in [-0.2, -0.15) is 31.6 Å². The number of halogens is 6. The van der Waals surface area contributed by atoms with Crippen molar-refractivity contribution >= 4 is 5.90 Å². The van der Waals surface area contributed by atoms with E-state index in [2.05, 4.69) is 4.99 Å². The van der Waals surface area contributed by atoms with Crippen molar-refractivity contribution in [3.05, 3.63) is 58.8 Å². The number of fused-ring (bicyclic) bond motifs is 1. The number of nitriles is 1. The third-order valence-corrected chi connectivity index (χ3v) is 3.77. The summed E-state index contributed by atoms with van der Waals surface area (Å²) in [5.74, 6) is -2.39. The quantitative estimate of drug-likeness (QED) is 0.700. The molecule has 0 aromatic heterocycles. The van der Waals surface area contributed by atoms with Gasteiger partial charge in [-0.05, 0) is 36.4 Å². The largest absolute Gasteiger partial charge is 0.466 e. The Morgan fingerprint density at radius 2 is 1.64 bits per heavy atom. The smallest absolute Gasteiger partial charge is 0.416 e. The van der Waals surface area contributed by atoms with E-state index in [1.54, 1.807) is 0 Å². The lowest BCUT2D eigenvalue weighted by atomic mass is 9.87. The molecule has 2 atom stereocenters. The predicted octanol–water partition coefficient (Wildman–Crippen LogP) is 4.38. The first-order valence-electron chi connectivity index (χ1n) is 6.93. The third-order valence-electron chi connectivity index (χ3n) is 3.77. The molecule has 3 nitrogen and oxygen atoms in total. The number of aliphatic imine (C=N–C) groups is 1. The molecular formula is C16H8F6N2O. The van der Waals surface area contributed by atoms with Crippen LogP contribution < -0.4 is 0 Å². The molecule has 1 aromatic carbocycles. The minimum Gasteiger partial charge on any atom is -0.466 e. The molecule has 0 bridgehead atoms. The van der Waals surface area contributed by atoms with Crippen LogP contribution in [0.3, 0.4) is 0 Å². The van der Waals surface area contributed by atoms with Crippen LogP contribution in [0.15, 0.2) is 52.7 Å². The molecule has 2 unspecified atom stereocenters.